The number of esters is 1. The molecular weight excluding hydrogens is 469 g/mol. The lowest BCUT2D eigenvalue weighted by Crippen LogP contribution is -2.69. The first kappa shape index (κ1) is 28.6. The molecule has 6 unspecified atom stereocenters. The largest absolute Gasteiger partial charge is 0.466 e. The van der Waals surface area contributed by atoms with Gasteiger partial charge in [-0.1, -0.05) is 46.0 Å². The zero-order valence-corrected chi connectivity index (χ0v) is 21.1. The van der Waals surface area contributed by atoms with Crippen LogP contribution in [0.3, 0.4) is 0 Å². The van der Waals surface area contributed by atoms with Crippen molar-refractivity contribution in [2.24, 2.45) is 41.4 Å². The lowest BCUT2D eigenvalue weighted by atomic mass is 9.58. The number of hydrogen-bond acceptors (Lipinski definition) is 4. The van der Waals surface area contributed by atoms with Crippen LogP contribution in [-0.4, -0.2) is 48.5 Å². The van der Waals surface area contributed by atoms with Crippen LogP contribution in [0, 0.1) is 41.4 Å². The van der Waals surface area contributed by atoms with Gasteiger partial charge in [-0.3, -0.25) is 10.1 Å². The molecule has 0 bridgehead atoms. The highest BCUT2D eigenvalue weighted by Gasteiger charge is 2.62. The number of alkyl halides is 5. The lowest BCUT2D eigenvalue weighted by Gasteiger charge is -2.53. The van der Waals surface area contributed by atoms with Crippen LogP contribution in [0.25, 0.3) is 0 Å². The quantitative estimate of drug-likeness (QED) is 0.327. The average Bonchev–Trinajstić information content (AvgIpc) is 2.82. The van der Waals surface area contributed by atoms with Gasteiger partial charge in [0.25, 0.3) is 6.43 Å². The molecule has 0 aromatic heterocycles. The van der Waals surface area contributed by atoms with Gasteiger partial charge in [0.05, 0.1) is 24.7 Å². The molecule has 3 rings (SSSR count). The van der Waals surface area contributed by atoms with E-state index in [-0.39, 0.29) is 18.4 Å². The van der Waals surface area contributed by atoms with Crippen molar-refractivity contribution in [3.05, 3.63) is 0 Å². The fourth-order valence-electron chi connectivity index (χ4n) is 7.23. The van der Waals surface area contributed by atoms with Crippen LogP contribution in [0.4, 0.5) is 22.0 Å². The van der Waals surface area contributed by atoms with Gasteiger partial charge in [-0.2, -0.15) is 13.2 Å². The van der Waals surface area contributed by atoms with E-state index in [4.69, 9.17) is 4.74 Å². The summed E-state index contributed by atoms with van der Waals surface area (Å²) in [6.07, 6.45) is -2.53. The first-order chi connectivity index (χ1) is 16.5. The monoisotopic (exact) mass is 511 g/mol. The van der Waals surface area contributed by atoms with Crippen molar-refractivity contribution >= 4 is 5.97 Å². The van der Waals surface area contributed by atoms with Crippen molar-refractivity contribution in [1.82, 2.24) is 5.32 Å². The number of carbonyl (C=O) groups excluding carboxylic acids is 1. The molecule has 9 heteroatoms. The maximum Gasteiger partial charge on any atom is 0.404 e. The highest BCUT2D eigenvalue weighted by atomic mass is 19.4. The standard InChI is InChI=1S/C26H42F5NO3/c1-4-35-25(34)20-18(16-8-6-5-7-9-16)19(21(24(27)28)32-23(20)26(29,30)31)22(33)17-12-10-15(11-13-17)14(2)3/h14-24,32-33H,4-13H2,1-3H3. The summed E-state index contributed by atoms with van der Waals surface area (Å²) in [5, 5.41) is 13.7. The summed E-state index contributed by atoms with van der Waals surface area (Å²) in [4.78, 5) is 13.0. The summed E-state index contributed by atoms with van der Waals surface area (Å²) in [7, 11) is 0. The van der Waals surface area contributed by atoms with Crippen LogP contribution in [0.1, 0.15) is 78.6 Å². The van der Waals surface area contributed by atoms with Gasteiger partial charge in [-0.05, 0) is 62.2 Å². The van der Waals surface area contributed by atoms with Gasteiger partial charge in [-0.25, -0.2) is 8.78 Å². The van der Waals surface area contributed by atoms with Gasteiger partial charge in [-0.15, -0.1) is 0 Å². The maximum absolute atomic E-state index is 14.4. The Morgan fingerprint density at radius 1 is 1.00 bits per heavy atom. The lowest BCUT2D eigenvalue weighted by molar-refractivity contribution is -0.216. The minimum Gasteiger partial charge on any atom is -0.466 e. The van der Waals surface area contributed by atoms with E-state index in [1.54, 1.807) is 0 Å². The molecule has 0 amide bonds. The SMILES string of the molecule is CCOC(=O)C1C(C2CCCCC2)C(C(O)C2CCC(C(C)C)CC2)C(C(F)F)NC1C(F)(F)F. The minimum absolute atomic E-state index is 0.0952. The van der Waals surface area contributed by atoms with E-state index in [1.807, 2.05) is 0 Å². The van der Waals surface area contributed by atoms with Gasteiger partial charge >= 0.3 is 12.1 Å². The van der Waals surface area contributed by atoms with Gasteiger partial charge in [0.15, 0.2) is 0 Å². The molecule has 1 heterocycles. The molecule has 0 radical (unpaired) electrons. The molecule has 0 aromatic carbocycles. The Kier molecular flexibility index (Phi) is 9.85. The predicted octanol–water partition coefficient (Wildman–Crippen LogP) is 5.97. The van der Waals surface area contributed by atoms with E-state index in [0.29, 0.717) is 37.5 Å². The van der Waals surface area contributed by atoms with E-state index < -0.39 is 54.5 Å². The summed E-state index contributed by atoms with van der Waals surface area (Å²) in [5.74, 6) is -4.46. The van der Waals surface area contributed by atoms with Crippen molar-refractivity contribution in [1.29, 1.82) is 0 Å². The normalized spacial score (nSPS) is 36.4. The molecule has 1 aliphatic heterocycles. The van der Waals surface area contributed by atoms with Crippen molar-refractivity contribution in [2.75, 3.05) is 6.61 Å². The molecule has 4 nitrogen and oxygen atoms in total. The van der Waals surface area contributed by atoms with Crippen molar-refractivity contribution in [3.8, 4) is 0 Å². The summed E-state index contributed by atoms with van der Waals surface area (Å²) < 4.78 is 76.4. The van der Waals surface area contributed by atoms with Crippen LogP contribution < -0.4 is 5.32 Å². The average molecular weight is 512 g/mol. The third-order valence-corrected chi connectivity index (χ3v) is 9.02. The van der Waals surface area contributed by atoms with Gasteiger partial charge in [0.1, 0.15) is 6.04 Å². The van der Waals surface area contributed by atoms with Crippen molar-refractivity contribution in [2.45, 2.75) is 109 Å². The summed E-state index contributed by atoms with van der Waals surface area (Å²) in [5.41, 5.74) is 0. The molecule has 204 valence electrons. The number of halogens is 5. The number of rotatable bonds is 7. The Labute approximate surface area is 205 Å². The van der Waals surface area contributed by atoms with Crippen molar-refractivity contribution in [3.63, 3.8) is 0 Å². The van der Waals surface area contributed by atoms with E-state index in [9.17, 15) is 31.9 Å². The number of aliphatic hydroxyl groups is 1. The Morgan fingerprint density at radius 3 is 2.06 bits per heavy atom. The molecule has 1 saturated heterocycles. The zero-order valence-electron chi connectivity index (χ0n) is 21.1. The van der Waals surface area contributed by atoms with Crippen LogP contribution in [0.2, 0.25) is 0 Å². The maximum atomic E-state index is 14.4. The second-order valence-electron chi connectivity index (χ2n) is 11.3. The molecule has 35 heavy (non-hydrogen) atoms. The van der Waals surface area contributed by atoms with E-state index >= 15 is 0 Å². The Balaban J connectivity index is 2.02. The third kappa shape index (κ3) is 6.49. The fraction of sp³-hybridized carbons (Fsp3) is 0.962. The second kappa shape index (κ2) is 12.1. The summed E-state index contributed by atoms with van der Waals surface area (Å²) >= 11 is 0. The molecular formula is C26H42F5NO3. The number of piperidine rings is 1. The molecule has 0 aromatic rings. The molecule has 2 N–H and O–H groups in total. The third-order valence-electron chi connectivity index (χ3n) is 9.02. The number of ether oxygens (including phenoxy) is 1. The van der Waals surface area contributed by atoms with Crippen LogP contribution >= 0.6 is 0 Å². The number of hydrogen-bond donors (Lipinski definition) is 2. The smallest absolute Gasteiger partial charge is 0.404 e. The highest BCUT2D eigenvalue weighted by molar-refractivity contribution is 5.74. The highest BCUT2D eigenvalue weighted by Crippen LogP contribution is 2.51. The Morgan fingerprint density at radius 2 is 1.57 bits per heavy atom. The predicted molar refractivity (Wildman–Crippen MR) is 123 cm³/mol. The number of aliphatic hydroxyl groups excluding tert-OH is 1. The zero-order chi connectivity index (χ0) is 25.9. The van der Waals surface area contributed by atoms with Crippen LogP contribution in [0.5, 0.6) is 0 Å². The van der Waals surface area contributed by atoms with E-state index in [0.717, 1.165) is 32.1 Å². The number of carbonyl (C=O) groups is 1. The molecule has 3 aliphatic rings. The molecule has 0 spiro atoms. The molecule has 3 fully saturated rings. The fourth-order valence-corrected chi connectivity index (χ4v) is 7.23. The van der Waals surface area contributed by atoms with Crippen LogP contribution in [0.15, 0.2) is 0 Å². The topological polar surface area (TPSA) is 58.6 Å². The Hall–Kier alpha value is -0.960. The van der Waals surface area contributed by atoms with Crippen LogP contribution in [-0.2, 0) is 9.53 Å². The minimum atomic E-state index is -4.90. The van der Waals surface area contributed by atoms with Gasteiger partial charge in [0.2, 0.25) is 0 Å². The first-order valence-electron chi connectivity index (χ1n) is 13.4. The second-order valence-corrected chi connectivity index (χ2v) is 11.3. The van der Waals surface area contributed by atoms with Crippen molar-refractivity contribution < 1.29 is 36.6 Å². The molecule has 2 saturated carbocycles. The Bertz CT molecular complexity index is 674. The molecule has 6 atom stereocenters. The summed E-state index contributed by atoms with van der Waals surface area (Å²) in [6, 6.07) is -4.26. The van der Waals surface area contributed by atoms with E-state index in [1.165, 1.54) is 6.92 Å². The van der Waals surface area contributed by atoms with Gasteiger partial charge < -0.3 is 9.84 Å². The van der Waals surface area contributed by atoms with E-state index in [2.05, 4.69) is 19.2 Å². The first-order valence-corrected chi connectivity index (χ1v) is 13.4. The molecule has 2 aliphatic carbocycles. The summed E-state index contributed by atoms with van der Waals surface area (Å²) in [6.45, 7) is 5.70. The van der Waals surface area contributed by atoms with Gasteiger partial charge in [0, 0.05) is 5.92 Å². The number of nitrogens with one attached hydrogen (secondary N) is 1.